The van der Waals surface area contributed by atoms with Crippen LogP contribution < -0.4 is 5.73 Å². The van der Waals surface area contributed by atoms with E-state index in [0.717, 1.165) is 11.3 Å². The molecule has 86 valence electrons. The van der Waals surface area contributed by atoms with Crippen molar-refractivity contribution in [3.05, 3.63) is 65.7 Å². The first-order valence-corrected chi connectivity index (χ1v) is 6.31. The molecule has 17 heavy (non-hydrogen) atoms. The minimum Gasteiger partial charge on any atom is -0.366 e. The van der Waals surface area contributed by atoms with Crippen LogP contribution in [0.15, 0.2) is 59.5 Å². The Balaban J connectivity index is 2.04. The van der Waals surface area contributed by atoms with E-state index in [1.54, 1.807) is 17.8 Å². The Morgan fingerprint density at radius 2 is 1.82 bits per heavy atom. The largest absolute Gasteiger partial charge is 0.366 e. The van der Waals surface area contributed by atoms with E-state index >= 15 is 0 Å². The van der Waals surface area contributed by atoms with Crippen LogP contribution in [-0.4, -0.2) is 5.91 Å². The number of benzene rings is 2. The van der Waals surface area contributed by atoms with Crippen LogP contribution >= 0.6 is 11.8 Å². The van der Waals surface area contributed by atoms with Crippen molar-refractivity contribution < 1.29 is 4.79 Å². The fraction of sp³-hybridized carbons (Fsp3) is 0.0714. The van der Waals surface area contributed by atoms with Crippen LogP contribution in [0.3, 0.4) is 0 Å². The second-order valence-corrected chi connectivity index (χ2v) is 4.72. The van der Waals surface area contributed by atoms with Gasteiger partial charge in [-0.15, -0.1) is 11.8 Å². The van der Waals surface area contributed by atoms with Gasteiger partial charge in [-0.25, -0.2) is 0 Å². The molecular formula is C14H13NOS. The minimum absolute atomic E-state index is 0.378. The average molecular weight is 243 g/mol. The third-order valence-electron chi connectivity index (χ3n) is 2.36. The van der Waals surface area contributed by atoms with Crippen LogP contribution in [0.2, 0.25) is 0 Å². The molecule has 0 heterocycles. The van der Waals surface area contributed by atoms with E-state index in [1.807, 2.05) is 36.4 Å². The van der Waals surface area contributed by atoms with Crippen molar-refractivity contribution in [1.29, 1.82) is 0 Å². The Morgan fingerprint density at radius 1 is 1.06 bits per heavy atom. The molecule has 2 aromatic carbocycles. The predicted octanol–water partition coefficient (Wildman–Crippen LogP) is 3.08. The summed E-state index contributed by atoms with van der Waals surface area (Å²) in [6.07, 6.45) is 0. The number of nitrogens with two attached hydrogens (primary N) is 1. The monoisotopic (exact) mass is 243 g/mol. The van der Waals surface area contributed by atoms with E-state index in [2.05, 4.69) is 12.1 Å². The molecular weight excluding hydrogens is 230 g/mol. The molecule has 3 heteroatoms. The molecule has 0 bridgehead atoms. The highest BCUT2D eigenvalue weighted by atomic mass is 32.2. The van der Waals surface area contributed by atoms with Crippen LogP contribution in [0.25, 0.3) is 0 Å². The van der Waals surface area contributed by atoms with E-state index in [1.165, 1.54) is 4.90 Å². The first kappa shape index (κ1) is 11.7. The van der Waals surface area contributed by atoms with E-state index in [0.29, 0.717) is 5.56 Å². The van der Waals surface area contributed by atoms with E-state index in [-0.39, 0.29) is 5.91 Å². The van der Waals surface area contributed by atoms with Crippen molar-refractivity contribution >= 4 is 17.7 Å². The highest BCUT2D eigenvalue weighted by molar-refractivity contribution is 7.98. The van der Waals surface area contributed by atoms with Gasteiger partial charge in [-0.2, -0.15) is 0 Å². The molecule has 0 saturated carbocycles. The Bertz CT molecular complexity index is 511. The van der Waals surface area contributed by atoms with Gasteiger partial charge in [0, 0.05) is 16.2 Å². The maximum Gasteiger partial charge on any atom is 0.248 e. The van der Waals surface area contributed by atoms with E-state index < -0.39 is 0 Å². The molecule has 0 aliphatic heterocycles. The summed E-state index contributed by atoms with van der Waals surface area (Å²) in [5.74, 6) is 0.460. The molecule has 2 aromatic rings. The highest BCUT2D eigenvalue weighted by Crippen LogP contribution is 2.22. The molecule has 2 rings (SSSR count). The number of hydrogen-bond acceptors (Lipinski definition) is 2. The molecule has 0 unspecified atom stereocenters. The first-order valence-electron chi connectivity index (χ1n) is 5.32. The fourth-order valence-corrected chi connectivity index (χ4v) is 2.36. The van der Waals surface area contributed by atoms with Crippen LogP contribution in [0.5, 0.6) is 0 Å². The lowest BCUT2D eigenvalue weighted by atomic mass is 10.1. The molecule has 0 fully saturated rings. The smallest absolute Gasteiger partial charge is 0.248 e. The summed E-state index contributed by atoms with van der Waals surface area (Å²) < 4.78 is 0. The normalized spacial score (nSPS) is 10.1. The summed E-state index contributed by atoms with van der Waals surface area (Å²) in [6, 6.07) is 17.6. The molecule has 0 aliphatic rings. The van der Waals surface area contributed by atoms with Gasteiger partial charge >= 0.3 is 0 Å². The topological polar surface area (TPSA) is 43.1 Å². The lowest BCUT2D eigenvalue weighted by molar-refractivity contribution is 0.1000. The first-order chi connectivity index (χ1) is 8.25. The van der Waals surface area contributed by atoms with Crippen LogP contribution in [-0.2, 0) is 5.75 Å². The van der Waals surface area contributed by atoms with Crippen molar-refractivity contribution in [3.63, 3.8) is 0 Å². The van der Waals surface area contributed by atoms with Crippen molar-refractivity contribution in [1.82, 2.24) is 0 Å². The van der Waals surface area contributed by atoms with Gasteiger partial charge in [0.1, 0.15) is 0 Å². The predicted molar refractivity (Wildman–Crippen MR) is 71.0 cm³/mol. The second kappa shape index (κ2) is 5.55. The van der Waals surface area contributed by atoms with Gasteiger partial charge < -0.3 is 5.73 Å². The number of hydrogen-bond donors (Lipinski definition) is 1. The van der Waals surface area contributed by atoms with Gasteiger partial charge in [0.15, 0.2) is 0 Å². The molecule has 0 aliphatic carbocycles. The number of thioether (sulfide) groups is 1. The second-order valence-electron chi connectivity index (χ2n) is 3.67. The fourth-order valence-electron chi connectivity index (χ4n) is 1.50. The summed E-state index contributed by atoms with van der Waals surface area (Å²) >= 11 is 1.74. The molecule has 2 N–H and O–H groups in total. The Hall–Kier alpha value is -1.74. The van der Waals surface area contributed by atoms with Gasteiger partial charge in [-0.1, -0.05) is 30.3 Å². The zero-order valence-electron chi connectivity index (χ0n) is 9.30. The third-order valence-corrected chi connectivity index (χ3v) is 3.44. The Morgan fingerprint density at radius 3 is 2.53 bits per heavy atom. The molecule has 0 spiro atoms. The molecule has 0 saturated heterocycles. The van der Waals surface area contributed by atoms with E-state index in [4.69, 9.17) is 5.73 Å². The summed E-state index contributed by atoms with van der Waals surface area (Å²) in [7, 11) is 0. The van der Waals surface area contributed by atoms with Crippen LogP contribution in [0.1, 0.15) is 15.9 Å². The van der Waals surface area contributed by atoms with Crippen LogP contribution in [0, 0.1) is 0 Å². The van der Waals surface area contributed by atoms with Crippen molar-refractivity contribution in [3.8, 4) is 0 Å². The molecule has 0 aromatic heterocycles. The summed E-state index contributed by atoms with van der Waals surface area (Å²) in [6.45, 7) is 0. The maximum atomic E-state index is 11.0. The van der Waals surface area contributed by atoms with Crippen molar-refractivity contribution in [2.45, 2.75) is 10.6 Å². The minimum atomic E-state index is -0.378. The zero-order chi connectivity index (χ0) is 12.1. The summed E-state index contributed by atoms with van der Waals surface area (Å²) in [5, 5.41) is 0. The number of primary amides is 1. The number of carbonyl (C=O) groups is 1. The SMILES string of the molecule is NC(=O)c1cccc(CSc2ccccc2)c1. The standard InChI is InChI=1S/C14H13NOS/c15-14(16)12-6-4-5-11(9-12)10-17-13-7-2-1-3-8-13/h1-9H,10H2,(H2,15,16). The maximum absolute atomic E-state index is 11.0. The lowest BCUT2D eigenvalue weighted by Gasteiger charge is -2.03. The molecule has 2 nitrogen and oxygen atoms in total. The van der Waals surface area contributed by atoms with Gasteiger partial charge in [0.2, 0.25) is 5.91 Å². The quantitative estimate of drug-likeness (QED) is 0.839. The van der Waals surface area contributed by atoms with Gasteiger partial charge in [0.05, 0.1) is 0 Å². The molecule has 0 atom stereocenters. The summed E-state index contributed by atoms with van der Waals surface area (Å²) in [5.41, 5.74) is 6.92. The Kier molecular flexibility index (Phi) is 3.83. The highest BCUT2D eigenvalue weighted by Gasteiger charge is 2.01. The number of rotatable bonds is 4. The van der Waals surface area contributed by atoms with E-state index in [9.17, 15) is 4.79 Å². The summed E-state index contributed by atoms with van der Waals surface area (Å²) in [4.78, 5) is 12.3. The average Bonchev–Trinajstić information content (AvgIpc) is 2.38. The van der Waals surface area contributed by atoms with Gasteiger partial charge in [-0.05, 0) is 29.8 Å². The van der Waals surface area contributed by atoms with Gasteiger partial charge in [0.25, 0.3) is 0 Å². The third kappa shape index (κ3) is 3.36. The van der Waals surface area contributed by atoms with Crippen molar-refractivity contribution in [2.24, 2.45) is 5.73 Å². The lowest BCUT2D eigenvalue weighted by Crippen LogP contribution is -2.10. The molecule has 1 amide bonds. The van der Waals surface area contributed by atoms with Crippen LogP contribution in [0.4, 0.5) is 0 Å². The van der Waals surface area contributed by atoms with Gasteiger partial charge in [-0.3, -0.25) is 4.79 Å². The zero-order valence-corrected chi connectivity index (χ0v) is 10.1. The molecule has 0 radical (unpaired) electrons. The van der Waals surface area contributed by atoms with Crippen molar-refractivity contribution in [2.75, 3.05) is 0 Å². The number of amides is 1. The Labute approximate surface area is 105 Å². The number of carbonyl (C=O) groups excluding carboxylic acids is 1.